The summed E-state index contributed by atoms with van der Waals surface area (Å²) >= 11 is 0. The monoisotopic (exact) mass is 231 g/mol. The Morgan fingerprint density at radius 2 is 2.19 bits per heavy atom. The van der Waals surface area contributed by atoms with Crippen LogP contribution in [-0.4, -0.2) is 61.7 Å². The molecular weight excluding hydrogens is 206 g/mol. The first-order chi connectivity index (χ1) is 7.57. The molecule has 4 heteroatoms. The summed E-state index contributed by atoms with van der Waals surface area (Å²) in [5.41, 5.74) is -0.146. The molecule has 1 atom stereocenters. The molecule has 1 rings (SSSR count). The summed E-state index contributed by atoms with van der Waals surface area (Å²) in [5.74, 6) is 0. The molecule has 0 aromatic rings. The van der Waals surface area contributed by atoms with Gasteiger partial charge in [-0.15, -0.1) is 0 Å². The maximum Gasteiger partial charge on any atom is 0.0940 e. The van der Waals surface area contributed by atoms with Crippen molar-refractivity contribution in [1.82, 2.24) is 4.90 Å². The summed E-state index contributed by atoms with van der Waals surface area (Å²) in [5, 5.41) is 9.18. The Labute approximate surface area is 98.5 Å². The van der Waals surface area contributed by atoms with Crippen molar-refractivity contribution in [3.63, 3.8) is 0 Å². The summed E-state index contributed by atoms with van der Waals surface area (Å²) in [4.78, 5) is 2.38. The lowest BCUT2D eigenvalue weighted by molar-refractivity contribution is -0.149. The van der Waals surface area contributed by atoms with Crippen molar-refractivity contribution in [1.29, 1.82) is 0 Å². The number of ether oxygens (including phenoxy) is 2. The van der Waals surface area contributed by atoms with Gasteiger partial charge in [0, 0.05) is 26.8 Å². The van der Waals surface area contributed by atoms with Gasteiger partial charge in [-0.25, -0.2) is 0 Å². The van der Waals surface area contributed by atoms with Crippen LogP contribution >= 0.6 is 0 Å². The number of morpholine rings is 1. The molecule has 0 radical (unpaired) electrons. The fourth-order valence-electron chi connectivity index (χ4n) is 2.26. The van der Waals surface area contributed by atoms with Crippen LogP contribution in [-0.2, 0) is 9.47 Å². The van der Waals surface area contributed by atoms with E-state index < -0.39 is 0 Å². The van der Waals surface area contributed by atoms with Crippen molar-refractivity contribution >= 4 is 0 Å². The van der Waals surface area contributed by atoms with Gasteiger partial charge in [0.15, 0.2) is 0 Å². The molecule has 0 aromatic heterocycles. The van der Waals surface area contributed by atoms with E-state index in [9.17, 15) is 5.11 Å². The SMILES string of the molecule is COCCCCN1CC(CO)OC(C)(C)C1. The molecule has 0 saturated carbocycles. The van der Waals surface area contributed by atoms with Crippen LogP contribution < -0.4 is 0 Å². The van der Waals surface area contributed by atoms with Gasteiger partial charge in [-0.05, 0) is 33.2 Å². The molecule has 1 heterocycles. The van der Waals surface area contributed by atoms with Crippen LogP contribution in [0.15, 0.2) is 0 Å². The van der Waals surface area contributed by atoms with E-state index in [2.05, 4.69) is 18.7 Å². The molecule has 4 nitrogen and oxygen atoms in total. The summed E-state index contributed by atoms with van der Waals surface area (Å²) in [6, 6.07) is 0. The fourth-order valence-corrected chi connectivity index (χ4v) is 2.26. The van der Waals surface area contributed by atoms with Gasteiger partial charge in [-0.3, -0.25) is 4.90 Å². The van der Waals surface area contributed by atoms with Crippen LogP contribution in [0.25, 0.3) is 0 Å². The first-order valence-corrected chi connectivity index (χ1v) is 6.07. The van der Waals surface area contributed by atoms with Gasteiger partial charge < -0.3 is 14.6 Å². The lowest BCUT2D eigenvalue weighted by atomic mass is 10.0. The zero-order valence-electron chi connectivity index (χ0n) is 10.7. The molecule has 1 aliphatic heterocycles. The van der Waals surface area contributed by atoms with E-state index in [0.717, 1.165) is 39.1 Å². The Morgan fingerprint density at radius 1 is 1.44 bits per heavy atom. The molecule has 1 unspecified atom stereocenters. The van der Waals surface area contributed by atoms with Crippen molar-refractivity contribution in [3.05, 3.63) is 0 Å². The minimum atomic E-state index is -0.146. The number of aliphatic hydroxyl groups is 1. The van der Waals surface area contributed by atoms with Crippen molar-refractivity contribution in [2.45, 2.75) is 38.4 Å². The van der Waals surface area contributed by atoms with E-state index in [1.807, 2.05) is 0 Å². The highest BCUT2D eigenvalue weighted by atomic mass is 16.5. The maximum atomic E-state index is 9.18. The molecule has 0 amide bonds. The normalized spacial score (nSPS) is 25.9. The third-order valence-electron chi connectivity index (χ3n) is 2.83. The van der Waals surface area contributed by atoms with E-state index in [1.54, 1.807) is 7.11 Å². The summed E-state index contributed by atoms with van der Waals surface area (Å²) in [6.45, 7) is 7.94. The molecule has 1 aliphatic rings. The van der Waals surface area contributed by atoms with Crippen molar-refractivity contribution < 1.29 is 14.6 Å². The predicted octanol–water partition coefficient (Wildman–Crippen LogP) is 0.885. The molecule has 1 saturated heterocycles. The van der Waals surface area contributed by atoms with Crippen molar-refractivity contribution in [2.75, 3.05) is 40.0 Å². The zero-order chi connectivity index (χ0) is 12.0. The van der Waals surface area contributed by atoms with Crippen molar-refractivity contribution in [3.8, 4) is 0 Å². The van der Waals surface area contributed by atoms with Crippen LogP contribution in [0.4, 0.5) is 0 Å². The topological polar surface area (TPSA) is 41.9 Å². The van der Waals surface area contributed by atoms with Crippen LogP contribution in [0.1, 0.15) is 26.7 Å². The Bertz CT molecular complexity index is 197. The average Bonchev–Trinajstić information content (AvgIpc) is 2.22. The van der Waals surface area contributed by atoms with E-state index in [0.29, 0.717) is 0 Å². The highest BCUT2D eigenvalue weighted by Gasteiger charge is 2.32. The highest BCUT2D eigenvalue weighted by molar-refractivity contribution is 4.83. The van der Waals surface area contributed by atoms with Crippen LogP contribution in [0.3, 0.4) is 0 Å². The Kier molecular flexibility index (Phi) is 5.69. The quantitative estimate of drug-likeness (QED) is 0.689. The van der Waals surface area contributed by atoms with Gasteiger partial charge in [-0.1, -0.05) is 0 Å². The third-order valence-corrected chi connectivity index (χ3v) is 2.83. The first-order valence-electron chi connectivity index (χ1n) is 6.07. The Hall–Kier alpha value is -0.160. The minimum absolute atomic E-state index is 0.0359. The smallest absolute Gasteiger partial charge is 0.0940 e. The molecular formula is C12H25NO3. The maximum absolute atomic E-state index is 9.18. The van der Waals surface area contributed by atoms with Gasteiger partial charge in [0.1, 0.15) is 0 Å². The second kappa shape index (κ2) is 6.55. The second-order valence-corrected chi connectivity index (χ2v) is 5.12. The standard InChI is InChI=1S/C12H25NO3/c1-12(2)10-13(6-4-5-7-15-3)8-11(9-14)16-12/h11,14H,4-10H2,1-3H3. The molecule has 1 N–H and O–H groups in total. The summed E-state index contributed by atoms with van der Waals surface area (Å²) < 4.78 is 10.8. The fraction of sp³-hybridized carbons (Fsp3) is 1.00. The summed E-state index contributed by atoms with van der Waals surface area (Å²) in [7, 11) is 1.74. The molecule has 16 heavy (non-hydrogen) atoms. The number of methoxy groups -OCH3 is 1. The molecule has 0 aromatic carbocycles. The summed E-state index contributed by atoms with van der Waals surface area (Å²) in [6.07, 6.45) is 2.20. The zero-order valence-corrected chi connectivity index (χ0v) is 10.7. The van der Waals surface area contributed by atoms with Crippen molar-refractivity contribution in [2.24, 2.45) is 0 Å². The first kappa shape index (κ1) is 13.9. The highest BCUT2D eigenvalue weighted by Crippen LogP contribution is 2.20. The Morgan fingerprint density at radius 3 is 2.81 bits per heavy atom. The molecule has 0 spiro atoms. The van der Waals surface area contributed by atoms with E-state index in [1.165, 1.54) is 0 Å². The van der Waals surface area contributed by atoms with Gasteiger partial charge >= 0.3 is 0 Å². The van der Waals surface area contributed by atoms with Gasteiger partial charge in [0.2, 0.25) is 0 Å². The number of rotatable bonds is 6. The van der Waals surface area contributed by atoms with E-state index in [-0.39, 0.29) is 18.3 Å². The molecule has 1 fully saturated rings. The number of unbranched alkanes of at least 4 members (excludes halogenated alkanes) is 1. The number of aliphatic hydroxyl groups excluding tert-OH is 1. The average molecular weight is 231 g/mol. The van der Waals surface area contributed by atoms with Gasteiger partial charge in [0.25, 0.3) is 0 Å². The van der Waals surface area contributed by atoms with E-state index in [4.69, 9.17) is 9.47 Å². The largest absolute Gasteiger partial charge is 0.394 e. The number of nitrogens with zero attached hydrogens (tertiary/aromatic N) is 1. The third kappa shape index (κ3) is 4.78. The van der Waals surface area contributed by atoms with Crippen LogP contribution in [0.5, 0.6) is 0 Å². The Balaban J connectivity index is 2.29. The molecule has 0 bridgehead atoms. The van der Waals surface area contributed by atoms with E-state index >= 15 is 0 Å². The second-order valence-electron chi connectivity index (χ2n) is 5.12. The predicted molar refractivity (Wildman–Crippen MR) is 63.6 cm³/mol. The molecule has 0 aliphatic carbocycles. The van der Waals surface area contributed by atoms with Gasteiger partial charge in [0.05, 0.1) is 18.3 Å². The van der Waals surface area contributed by atoms with Crippen LogP contribution in [0.2, 0.25) is 0 Å². The lowest BCUT2D eigenvalue weighted by Crippen LogP contribution is -2.53. The number of hydrogen-bond donors (Lipinski definition) is 1. The lowest BCUT2D eigenvalue weighted by Gasteiger charge is -2.42. The van der Waals surface area contributed by atoms with Crippen LogP contribution in [0, 0.1) is 0 Å². The van der Waals surface area contributed by atoms with Gasteiger partial charge in [-0.2, -0.15) is 0 Å². The molecule has 96 valence electrons. The minimum Gasteiger partial charge on any atom is -0.394 e. The number of hydrogen-bond acceptors (Lipinski definition) is 4.